The van der Waals surface area contributed by atoms with Crippen LogP contribution >= 0.6 is 8.17 Å². The van der Waals surface area contributed by atoms with Crippen molar-refractivity contribution in [1.29, 1.82) is 5.26 Å². The maximum atomic E-state index is 9.76. The fourth-order valence-corrected chi connectivity index (χ4v) is 0.529. The molecule has 0 bridgehead atoms. The fraction of sp³-hybridized carbons (Fsp3) is 0.667. The summed E-state index contributed by atoms with van der Waals surface area (Å²) < 4.78 is 3.80. The maximum Gasteiger partial charge on any atom is 0.193 e. The number of phosphoric acid groups is 1. The Morgan fingerprint density at radius 2 is 2.22 bits per heavy atom. The van der Waals surface area contributed by atoms with E-state index in [4.69, 9.17) is 10.2 Å². The van der Waals surface area contributed by atoms with Crippen molar-refractivity contribution < 1.29 is 19.2 Å². The number of nitriles is 1. The molecular formula is C3H5NO4P-. The van der Waals surface area contributed by atoms with Gasteiger partial charge in [0.1, 0.15) is 6.61 Å². The van der Waals surface area contributed by atoms with Crippen molar-refractivity contribution in [3.8, 4) is 6.07 Å². The first-order valence-corrected chi connectivity index (χ1v) is 3.61. The summed E-state index contributed by atoms with van der Waals surface area (Å²) in [5.74, 6) is 0. The number of rotatable bonds is 3. The van der Waals surface area contributed by atoms with Gasteiger partial charge in [-0.25, -0.2) is 9.42 Å². The molecule has 5 nitrogen and oxygen atoms in total. The molecule has 1 N–H and O–H groups in total. The molecule has 0 aromatic heterocycles. The zero-order valence-corrected chi connectivity index (χ0v) is 5.38. The molecule has 0 aromatic rings. The highest BCUT2D eigenvalue weighted by Crippen LogP contribution is 2.34. The summed E-state index contributed by atoms with van der Waals surface area (Å²) in [6.45, 7) is -0.284. The number of hydrogen-bond donors (Lipinski definition) is 1. The zero-order valence-electron chi connectivity index (χ0n) is 4.48. The first-order valence-electron chi connectivity index (χ1n) is 2.11. The Morgan fingerprint density at radius 1 is 1.67 bits per heavy atom. The van der Waals surface area contributed by atoms with Gasteiger partial charge in [0.2, 0.25) is 0 Å². The Labute approximate surface area is 52.8 Å². The second-order valence-corrected chi connectivity index (χ2v) is 2.41. The maximum absolute atomic E-state index is 9.76. The van der Waals surface area contributed by atoms with E-state index in [-0.39, 0.29) is 13.0 Å². The van der Waals surface area contributed by atoms with Gasteiger partial charge in [-0.15, -0.1) is 0 Å². The van der Waals surface area contributed by atoms with Gasteiger partial charge in [-0.05, 0) is 0 Å². The molecule has 6 heteroatoms. The molecule has 0 saturated carbocycles. The largest absolute Gasteiger partial charge is 0.635 e. The molecule has 0 rings (SSSR count). The standard InChI is InChI=1S/C3H6NO4P/c4-2-1-3-8-9(5,6)7/h1,3H2,(H2,5,6,7)/p-1. The van der Waals surface area contributed by atoms with Crippen LogP contribution in [-0.2, 0) is 4.52 Å². The second-order valence-electron chi connectivity index (χ2n) is 1.21. The topological polar surface area (TPSA) is 99.4 Å². The SMILES string of the molecule is N#CCCO[P+]([O-])([O-])O. The zero-order chi connectivity index (χ0) is 7.33. The van der Waals surface area contributed by atoms with Gasteiger partial charge in [0.05, 0.1) is 12.5 Å². The van der Waals surface area contributed by atoms with Crippen LogP contribution in [0.4, 0.5) is 0 Å². The van der Waals surface area contributed by atoms with Crippen molar-refractivity contribution in [3.05, 3.63) is 0 Å². The van der Waals surface area contributed by atoms with Crippen LogP contribution in [0.1, 0.15) is 6.42 Å². The average Bonchev–Trinajstić information content (AvgIpc) is 1.63. The average molecular weight is 150 g/mol. The van der Waals surface area contributed by atoms with Gasteiger partial charge >= 0.3 is 0 Å². The van der Waals surface area contributed by atoms with Crippen LogP contribution in [-0.4, -0.2) is 11.5 Å². The quantitative estimate of drug-likeness (QED) is 0.382. The molecule has 0 aliphatic carbocycles. The van der Waals surface area contributed by atoms with Gasteiger partial charge < -0.3 is 9.79 Å². The summed E-state index contributed by atoms with van der Waals surface area (Å²) in [6, 6.07) is 1.64. The van der Waals surface area contributed by atoms with Gasteiger partial charge in [-0.1, -0.05) is 0 Å². The van der Waals surface area contributed by atoms with E-state index in [9.17, 15) is 9.79 Å². The predicted molar refractivity (Wildman–Crippen MR) is 25.3 cm³/mol. The number of phosphoric ester groups is 1. The van der Waals surface area contributed by atoms with Crippen LogP contribution in [0.15, 0.2) is 0 Å². The Bertz CT molecular complexity index is 114. The first kappa shape index (κ1) is 8.76. The van der Waals surface area contributed by atoms with Crippen LogP contribution in [0.3, 0.4) is 0 Å². The third-order valence-electron chi connectivity index (χ3n) is 0.468. The van der Waals surface area contributed by atoms with Crippen LogP contribution in [0.2, 0.25) is 0 Å². The molecule has 9 heavy (non-hydrogen) atoms. The second kappa shape index (κ2) is 3.72. The van der Waals surface area contributed by atoms with Crippen molar-refractivity contribution >= 4 is 8.17 Å². The molecule has 52 valence electrons. The summed E-state index contributed by atoms with van der Waals surface area (Å²) in [6.07, 6.45) is -0.0488. The van der Waals surface area contributed by atoms with E-state index < -0.39 is 8.17 Å². The highest BCUT2D eigenvalue weighted by molar-refractivity contribution is 7.50. The van der Waals surface area contributed by atoms with Crippen molar-refractivity contribution in [1.82, 2.24) is 0 Å². The molecule has 0 saturated heterocycles. The van der Waals surface area contributed by atoms with Crippen LogP contribution < -0.4 is 9.79 Å². The lowest BCUT2D eigenvalue weighted by molar-refractivity contribution is -0.361. The van der Waals surface area contributed by atoms with Gasteiger partial charge in [0.15, 0.2) is 8.17 Å². The Morgan fingerprint density at radius 3 is 2.56 bits per heavy atom. The molecule has 0 heterocycles. The third-order valence-corrected chi connectivity index (χ3v) is 0.977. The molecule has 0 amide bonds. The van der Waals surface area contributed by atoms with Crippen molar-refractivity contribution in [3.63, 3.8) is 0 Å². The van der Waals surface area contributed by atoms with Crippen LogP contribution in [0.25, 0.3) is 0 Å². The lowest BCUT2D eigenvalue weighted by Crippen LogP contribution is -2.23. The number of hydrogen-bond acceptors (Lipinski definition) is 5. The third kappa shape index (κ3) is 7.76. The Balaban J connectivity index is 3.20. The summed E-state index contributed by atoms with van der Waals surface area (Å²) in [7, 11) is -4.60. The Hall–Kier alpha value is -0.240. The van der Waals surface area contributed by atoms with E-state index in [2.05, 4.69) is 4.52 Å². The molecule has 0 radical (unpaired) electrons. The van der Waals surface area contributed by atoms with E-state index in [1.807, 2.05) is 0 Å². The van der Waals surface area contributed by atoms with E-state index in [0.29, 0.717) is 0 Å². The smallest absolute Gasteiger partial charge is 0.193 e. The first-order chi connectivity index (χ1) is 4.06. The summed E-state index contributed by atoms with van der Waals surface area (Å²) in [5, 5.41) is 7.86. The van der Waals surface area contributed by atoms with E-state index in [0.717, 1.165) is 0 Å². The van der Waals surface area contributed by atoms with Gasteiger partial charge in [-0.3, -0.25) is 0 Å². The summed E-state index contributed by atoms with van der Waals surface area (Å²) in [5.41, 5.74) is 0. The highest BCUT2D eigenvalue weighted by Gasteiger charge is 2.06. The highest BCUT2D eigenvalue weighted by atomic mass is 31.2. The molecular weight excluding hydrogens is 145 g/mol. The van der Waals surface area contributed by atoms with Crippen LogP contribution in [0, 0.1) is 11.3 Å². The van der Waals surface area contributed by atoms with Gasteiger partial charge in [0, 0.05) is 0 Å². The summed E-state index contributed by atoms with van der Waals surface area (Å²) >= 11 is 0. The Kier molecular flexibility index (Phi) is 3.62. The van der Waals surface area contributed by atoms with Crippen molar-refractivity contribution in [2.24, 2.45) is 0 Å². The fourth-order valence-electron chi connectivity index (χ4n) is 0.207. The number of nitrogens with zero attached hydrogens (tertiary/aromatic N) is 1. The minimum atomic E-state index is -4.60. The van der Waals surface area contributed by atoms with E-state index in [1.165, 1.54) is 0 Å². The van der Waals surface area contributed by atoms with Crippen molar-refractivity contribution in [2.75, 3.05) is 6.61 Å². The minimum absolute atomic E-state index is 0.0488. The van der Waals surface area contributed by atoms with Gasteiger partial charge in [0.25, 0.3) is 0 Å². The summed E-state index contributed by atoms with van der Waals surface area (Å²) in [4.78, 5) is 27.4. The predicted octanol–water partition coefficient (Wildman–Crippen LogP) is -1.69. The molecule has 0 spiro atoms. The molecule has 0 atom stereocenters. The normalized spacial score (nSPS) is 10.9. The van der Waals surface area contributed by atoms with E-state index >= 15 is 0 Å². The molecule has 0 aliphatic heterocycles. The van der Waals surface area contributed by atoms with E-state index in [1.54, 1.807) is 6.07 Å². The lowest BCUT2D eigenvalue weighted by atomic mass is 10.5. The molecule has 0 aliphatic rings. The molecule has 0 aromatic carbocycles. The van der Waals surface area contributed by atoms with Gasteiger partial charge in [-0.2, -0.15) is 5.26 Å². The lowest BCUT2D eigenvalue weighted by Gasteiger charge is -2.23. The minimum Gasteiger partial charge on any atom is -0.635 e. The monoisotopic (exact) mass is 150 g/mol. The molecule has 0 fully saturated rings. The van der Waals surface area contributed by atoms with Crippen LogP contribution in [0.5, 0.6) is 0 Å². The molecule has 0 unspecified atom stereocenters. The van der Waals surface area contributed by atoms with Crippen molar-refractivity contribution in [2.45, 2.75) is 6.42 Å².